The molecule has 1 aliphatic rings. The fourth-order valence-electron chi connectivity index (χ4n) is 4.21. The second-order valence-electron chi connectivity index (χ2n) is 8.34. The van der Waals surface area contributed by atoms with Crippen LogP contribution in [0.5, 0.6) is 5.75 Å². The summed E-state index contributed by atoms with van der Waals surface area (Å²) in [5, 5.41) is 22.8. The number of thiazole rings is 1. The quantitative estimate of drug-likeness (QED) is 0.115. The molecule has 4 rings (SSSR count). The Kier molecular flexibility index (Phi) is 7.26. The molecule has 38 heavy (non-hydrogen) atoms. The molecule has 0 radical (unpaired) electrons. The predicted molar refractivity (Wildman–Crippen MR) is 138 cm³/mol. The highest BCUT2D eigenvalue weighted by atomic mass is 32.1. The number of nitro benzene ring substituents is 1. The number of aliphatic hydroxyl groups excluding tert-OH is 1. The Balaban J connectivity index is 1.95. The van der Waals surface area contributed by atoms with Crippen LogP contribution in [0.1, 0.15) is 45.0 Å². The molecular weight excluding hydrogens is 514 g/mol. The highest BCUT2D eigenvalue weighted by Gasteiger charge is 2.48. The predicted octanol–water partition coefficient (Wildman–Crippen LogP) is 4.48. The molecule has 0 bridgehead atoms. The second kappa shape index (κ2) is 10.4. The number of nitrogens with zero attached hydrogens (tertiary/aromatic N) is 3. The number of ketones is 1. The van der Waals surface area contributed by atoms with Crippen LogP contribution in [0.25, 0.3) is 5.76 Å². The number of rotatable bonds is 7. The number of nitro groups is 1. The Bertz CT molecular complexity index is 1510. The van der Waals surface area contributed by atoms with Crippen molar-refractivity contribution in [3.63, 3.8) is 0 Å². The van der Waals surface area contributed by atoms with Gasteiger partial charge >= 0.3 is 11.9 Å². The van der Waals surface area contributed by atoms with Gasteiger partial charge in [-0.1, -0.05) is 23.5 Å². The largest absolute Gasteiger partial charge is 0.507 e. The van der Waals surface area contributed by atoms with Crippen molar-refractivity contribution in [3.8, 4) is 5.75 Å². The fourth-order valence-corrected chi connectivity index (χ4v) is 5.19. The van der Waals surface area contributed by atoms with E-state index >= 15 is 0 Å². The summed E-state index contributed by atoms with van der Waals surface area (Å²) in [6, 6.07) is 8.91. The number of benzene rings is 2. The first kappa shape index (κ1) is 26.5. The minimum Gasteiger partial charge on any atom is -0.507 e. The SMILES string of the molecule is CCOC(=O)c1sc(N2C(=O)C(=O)C(=C(O)c3ccc(OC)c(C)c3)[C@@H]2c2cccc([N+](=O)[O-])c2)nc1C. The van der Waals surface area contributed by atoms with Crippen LogP contribution in [0.2, 0.25) is 0 Å². The molecule has 1 aromatic heterocycles. The fraction of sp³-hybridized carbons (Fsp3) is 0.231. The van der Waals surface area contributed by atoms with Gasteiger partial charge in [-0.15, -0.1) is 0 Å². The van der Waals surface area contributed by atoms with E-state index in [9.17, 15) is 29.6 Å². The summed E-state index contributed by atoms with van der Waals surface area (Å²) in [5.74, 6) is -2.55. The Labute approximate surface area is 221 Å². The van der Waals surface area contributed by atoms with Crippen molar-refractivity contribution in [2.45, 2.75) is 26.8 Å². The molecule has 0 spiro atoms. The van der Waals surface area contributed by atoms with Gasteiger partial charge < -0.3 is 14.6 Å². The number of anilines is 1. The number of aromatic nitrogens is 1. The van der Waals surface area contributed by atoms with Crippen molar-refractivity contribution in [2.24, 2.45) is 0 Å². The van der Waals surface area contributed by atoms with E-state index in [1.54, 1.807) is 32.9 Å². The van der Waals surface area contributed by atoms with Gasteiger partial charge in [-0.3, -0.25) is 24.6 Å². The number of esters is 1. The lowest BCUT2D eigenvalue weighted by Gasteiger charge is -2.23. The Morgan fingerprint density at radius 1 is 1.21 bits per heavy atom. The molecule has 2 heterocycles. The normalized spacial score (nSPS) is 16.5. The molecule has 1 atom stereocenters. The number of ether oxygens (including phenoxy) is 2. The molecule has 1 fully saturated rings. The zero-order chi connectivity index (χ0) is 27.7. The van der Waals surface area contributed by atoms with E-state index in [2.05, 4.69) is 4.98 Å². The molecule has 1 amide bonds. The van der Waals surface area contributed by atoms with E-state index in [1.807, 2.05) is 0 Å². The molecule has 12 heteroatoms. The third-order valence-corrected chi connectivity index (χ3v) is 7.10. The number of methoxy groups -OCH3 is 1. The van der Waals surface area contributed by atoms with Gasteiger partial charge in [-0.05, 0) is 50.1 Å². The summed E-state index contributed by atoms with van der Waals surface area (Å²) in [7, 11) is 1.50. The van der Waals surface area contributed by atoms with Crippen LogP contribution in [0.3, 0.4) is 0 Å². The number of amides is 1. The average Bonchev–Trinajstić information content (AvgIpc) is 3.40. The summed E-state index contributed by atoms with van der Waals surface area (Å²) >= 11 is 0.849. The van der Waals surface area contributed by atoms with E-state index < -0.39 is 34.4 Å². The molecule has 0 unspecified atom stereocenters. The number of carbonyl (C=O) groups excluding carboxylic acids is 3. The Morgan fingerprint density at radius 2 is 1.95 bits per heavy atom. The van der Waals surface area contributed by atoms with Crippen molar-refractivity contribution < 1.29 is 33.9 Å². The third kappa shape index (κ3) is 4.61. The van der Waals surface area contributed by atoms with E-state index in [0.717, 1.165) is 16.2 Å². The summed E-state index contributed by atoms with van der Waals surface area (Å²) in [6.07, 6.45) is 0. The smallest absolute Gasteiger partial charge is 0.350 e. The number of non-ortho nitro benzene ring substituents is 1. The minimum atomic E-state index is -1.25. The third-order valence-electron chi connectivity index (χ3n) is 5.96. The van der Waals surface area contributed by atoms with Crippen molar-refractivity contribution in [3.05, 3.63) is 85.4 Å². The molecule has 3 aromatic rings. The monoisotopic (exact) mass is 537 g/mol. The molecule has 11 nitrogen and oxygen atoms in total. The van der Waals surface area contributed by atoms with Gasteiger partial charge in [0.25, 0.3) is 11.5 Å². The first-order valence-corrected chi connectivity index (χ1v) is 12.3. The van der Waals surface area contributed by atoms with Crippen LogP contribution >= 0.6 is 11.3 Å². The van der Waals surface area contributed by atoms with Gasteiger partial charge in [0.1, 0.15) is 16.4 Å². The Morgan fingerprint density at radius 3 is 2.58 bits per heavy atom. The molecule has 1 N–H and O–H groups in total. The molecule has 2 aromatic carbocycles. The van der Waals surface area contributed by atoms with E-state index in [-0.39, 0.29) is 44.7 Å². The molecular formula is C26H23N3O8S. The number of Topliss-reactive ketones (excluding diaryl/α,β-unsaturated/α-hetero) is 1. The van der Waals surface area contributed by atoms with Crippen molar-refractivity contribution in [1.29, 1.82) is 0 Å². The number of aryl methyl sites for hydroxylation is 2. The van der Waals surface area contributed by atoms with Gasteiger partial charge in [-0.2, -0.15) is 0 Å². The van der Waals surface area contributed by atoms with Gasteiger partial charge in [0.2, 0.25) is 0 Å². The summed E-state index contributed by atoms with van der Waals surface area (Å²) in [5.41, 5.74) is 0.873. The molecule has 196 valence electrons. The van der Waals surface area contributed by atoms with Gasteiger partial charge in [0.15, 0.2) is 5.13 Å². The van der Waals surface area contributed by atoms with Gasteiger partial charge in [0.05, 0.1) is 35.9 Å². The summed E-state index contributed by atoms with van der Waals surface area (Å²) in [4.78, 5) is 55.5. The van der Waals surface area contributed by atoms with Crippen LogP contribution in [0.15, 0.2) is 48.0 Å². The van der Waals surface area contributed by atoms with E-state index in [4.69, 9.17) is 9.47 Å². The van der Waals surface area contributed by atoms with Crippen LogP contribution in [-0.2, 0) is 14.3 Å². The zero-order valence-corrected chi connectivity index (χ0v) is 21.7. The van der Waals surface area contributed by atoms with E-state index in [1.165, 1.54) is 37.4 Å². The highest BCUT2D eigenvalue weighted by molar-refractivity contribution is 7.17. The maximum Gasteiger partial charge on any atom is 0.350 e. The number of aliphatic hydroxyl groups is 1. The minimum absolute atomic E-state index is 0.00845. The standard InChI is InChI=1S/C26H23N3O8S/c1-5-37-25(33)23-14(3)27-26(38-23)28-20(15-7-6-8-17(12-15)29(34)35)19(22(31)24(28)32)21(30)16-9-10-18(36-4)13(2)11-16/h6-12,20,30H,5H2,1-4H3/t20-/m0/s1. The van der Waals surface area contributed by atoms with E-state index in [0.29, 0.717) is 11.3 Å². The maximum absolute atomic E-state index is 13.4. The Hall–Kier alpha value is -4.58. The maximum atomic E-state index is 13.4. The molecule has 1 saturated heterocycles. The number of hydrogen-bond acceptors (Lipinski definition) is 10. The van der Waals surface area contributed by atoms with Crippen molar-refractivity contribution in [1.82, 2.24) is 4.98 Å². The van der Waals surface area contributed by atoms with Crippen molar-refractivity contribution in [2.75, 3.05) is 18.6 Å². The first-order valence-electron chi connectivity index (χ1n) is 11.4. The molecule has 0 saturated carbocycles. The summed E-state index contributed by atoms with van der Waals surface area (Å²) < 4.78 is 10.3. The molecule has 0 aliphatic carbocycles. The average molecular weight is 538 g/mol. The van der Waals surface area contributed by atoms with Crippen LogP contribution in [0, 0.1) is 24.0 Å². The van der Waals surface area contributed by atoms with Crippen LogP contribution in [-0.4, -0.2) is 46.4 Å². The zero-order valence-electron chi connectivity index (χ0n) is 20.9. The second-order valence-corrected chi connectivity index (χ2v) is 9.31. The number of hydrogen-bond donors (Lipinski definition) is 1. The first-order chi connectivity index (χ1) is 18.1. The van der Waals surface area contributed by atoms with Gasteiger partial charge in [-0.25, -0.2) is 9.78 Å². The molecule has 1 aliphatic heterocycles. The van der Waals surface area contributed by atoms with Gasteiger partial charge in [0, 0.05) is 17.7 Å². The number of carbonyl (C=O) groups is 3. The highest BCUT2D eigenvalue weighted by Crippen LogP contribution is 2.44. The lowest BCUT2D eigenvalue weighted by atomic mass is 9.94. The topological polar surface area (TPSA) is 149 Å². The van der Waals surface area contributed by atoms with Crippen LogP contribution in [0.4, 0.5) is 10.8 Å². The van der Waals surface area contributed by atoms with Crippen LogP contribution < -0.4 is 9.64 Å². The van der Waals surface area contributed by atoms with Crippen molar-refractivity contribution >= 4 is 45.6 Å². The lowest BCUT2D eigenvalue weighted by molar-refractivity contribution is -0.384. The lowest BCUT2D eigenvalue weighted by Crippen LogP contribution is -2.29. The summed E-state index contributed by atoms with van der Waals surface area (Å²) in [6.45, 7) is 5.09.